The van der Waals surface area contributed by atoms with E-state index in [-0.39, 0.29) is 11.7 Å². The second kappa shape index (κ2) is 10.6. The normalized spacial score (nSPS) is 11.0. The molecule has 2 heterocycles. The summed E-state index contributed by atoms with van der Waals surface area (Å²) in [4.78, 5) is 16.3. The van der Waals surface area contributed by atoms with Gasteiger partial charge in [0.1, 0.15) is 5.75 Å². The first-order valence-corrected chi connectivity index (χ1v) is 11.1. The number of carbonyl (C=O) groups excluding carboxylic acids is 1. The van der Waals surface area contributed by atoms with Crippen molar-refractivity contribution in [2.75, 3.05) is 12.9 Å². The molecule has 0 unspecified atom stereocenters. The first kappa shape index (κ1) is 22.2. The monoisotopic (exact) mass is 458 g/mol. The zero-order chi connectivity index (χ0) is 23.0. The van der Waals surface area contributed by atoms with Gasteiger partial charge in [-0.1, -0.05) is 41.6 Å². The van der Waals surface area contributed by atoms with Gasteiger partial charge < -0.3 is 4.74 Å². The van der Waals surface area contributed by atoms with Crippen molar-refractivity contribution in [2.45, 2.75) is 12.1 Å². The summed E-state index contributed by atoms with van der Waals surface area (Å²) in [7, 11) is 1.63. The summed E-state index contributed by atoms with van der Waals surface area (Å²) >= 11 is 1.29. The zero-order valence-electron chi connectivity index (χ0n) is 18.2. The number of hydrazone groups is 1. The van der Waals surface area contributed by atoms with Crippen LogP contribution in [0.15, 0.2) is 83.3 Å². The molecule has 9 heteroatoms. The molecule has 1 amide bonds. The summed E-state index contributed by atoms with van der Waals surface area (Å²) in [5, 5.41) is 13.4. The molecular weight excluding hydrogens is 436 g/mol. The van der Waals surface area contributed by atoms with Crippen molar-refractivity contribution in [1.29, 1.82) is 0 Å². The van der Waals surface area contributed by atoms with E-state index in [1.807, 2.05) is 60.0 Å². The van der Waals surface area contributed by atoms with Gasteiger partial charge in [0.15, 0.2) is 11.0 Å². The van der Waals surface area contributed by atoms with E-state index in [0.717, 1.165) is 28.1 Å². The van der Waals surface area contributed by atoms with E-state index in [0.29, 0.717) is 11.0 Å². The van der Waals surface area contributed by atoms with E-state index in [4.69, 9.17) is 4.74 Å². The molecule has 0 radical (unpaired) electrons. The van der Waals surface area contributed by atoms with Crippen LogP contribution in [0.5, 0.6) is 5.75 Å². The van der Waals surface area contributed by atoms with E-state index in [1.165, 1.54) is 11.8 Å². The van der Waals surface area contributed by atoms with Gasteiger partial charge in [0.05, 0.1) is 19.1 Å². The molecular formula is C24H22N6O2S. The van der Waals surface area contributed by atoms with Crippen LogP contribution in [-0.4, -0.2) is 44.7 Å². The molecule has 33 heavy (non-hydrogen) atoms. The smallest absolute Gasteiger partial charge is 0.250 e. The average molecular weight is 459 g/mol. The lowest BCUT2D eigenvalue weighted by Crippen LogP contribution is -2.20. The predicted molar refractivity (Wildman–Crippen MR) is 129 cm³/mol. The van der Waals surface area contributed by atoms with Crippen molar-refractivity contribution in [1.82, 2.24) is 25.2 Å². The molecule has 0 saturated carbocycles. The SMILES string of the molecule is COc1ccc(-n2c(SCC(=O)N/N=C\c3ccncc3)nnc2-c2ccc(C)cc2)cc1. The van der Waals surface area contributed by atoms with Gasteiger partial charge in [-0.05, 0) is 48.9 Å². The number of hydrogen-bond acceptors (Lipinski definition) is 7. The molecule has 8 nitrogen and oxygen atoms in total. The number of nitrogens with one attached hydrogen (secondary N) is 1. The molecule has 0 bridgehead atoms. The number of carbonyl (C=O) groups is 1. The number of aryl methyl sites for hydroxylation is 1. The highest BCUT2D eigenvalue weighted by Gasteiger charge is 2.17. The molecule has 0 atom stereocenters. The van der Waals surface area contributed by atoms with Crippen LogP contribution in [0.1, 0.15) is 11.1 Å². The summed E-state index contributed by atoms with van der Waals surface area (Å²) < 4.78 is 7.21. The second-order valence-corrected chi connectivity index (χ2v) is 8.01. The Morgan fingerprint density at radius 1 is 1.06 bits per heavy atom. The lowest BCUT2D eigenvalue weighted by Gasteiger charge is -2.11. The highest BCUT2D eigenvalue weighted by Crippen LogP contribution is 2.29. The van der Waals surface area contributed by atoms with Gasteiger partial charge in [-0.3, -0.25) is 14.3 Å². The van der Waals surface area contributed by atoms with E-state index >= 15 is 0 Å². The third-order valence-corrected chi connectivity index (χ3v) is 5.64. The number of nitrogens with zero attached hydrogens (tertiary/aromatic N) is 5. The lowest BCUT2D eigenvalue weighted by molar-refractivity contribution is -0.118. The van der Waals surface area contributed by atoms with Gasteiger partial charge >= 0.3 is 0 Å². The maximum atomic E-state index is 12.3. The molecule has 1 N–H and O–H groups in total. The topological polar surface area (TPSA) is 94.3 Å². The molecule has 0 aliphatic carbocycles. The van der Waals surface area contributed by atoms with Crippen molar-refractivity contribution < 1.29 is 9.53 Å². The molecule has 0 spiro atoms. The van der Waals surface area contributed by atoms with Crippen LogP contribution in [0.2, 0.25) is 0 Å². The first-order valence-electron chi connectivity index (χ1n) is 10.2. The van der Waals surface area contributed by atoms with Crippen molar-refractivity contribution in [3.8, 4) is 22.8 Å². The number of thioether (sulfide) groups is 1. The summed E-state index contributed by atoms with van der Waals surface area (Å²) in [6.07, 6.45) is 4.90. The summed E-state index contributed by atoms with van der Waals surface area (Å²) in [6, 6.07) is 19.3. The second-order valence-electron chi connectivity index (χ2n) is 7.07. The molecule has 2 aromatic heterocycles. The van der Waals surface area contributed by atoms with Gasteiger partial charge in [-0.25, -0.2) is 5.43 Å². The maximum absolute atomic E-state index is 12.3. The Labute approximate surface area is 195 Å². The predicted octanol–water partition coefficient (Wildman–Crippen LogP) is 3.89. The van der Waals surface area contributed by atoms with Gasteiger partial charge in [-0.2, -0.15) is 5.10 Å². The highest BCUT2D eigenvalue weighted by molar-refractivity contribution is 7.99. The lowest BCUT2D eigenvalue weighted by atomic mass is 10.1. The minimum atomic E-state index is -0.244. The minimum Gasteiger partial charge on any atom is -0.497 e. The molecule has 0 aliphatic heterocycles. The largest absolute Gasteiger partial charge is 0.497 e. The Bertz CT molecular complexity index is 1240. The number of aromatic nitrogens is 4. The van der Waals surface area contributed by atoms with Gasteiger partial charge in [0.2, 0.25) is 0 Å². The number of rotatable bonds is 8. The number of amides is 1. The van der Waals surface area contributed by atoms with Crippen molar-refractivity contribution in [3.63, 3.8) is 0 Å². The van der Waals surface area contributed by atoms with E-state index in [9.17, 15) is 4.79 Å². The highest BCUT2D eigenvalue weighted by atomic mass is 32.2. The van der Waals surface area contributed by atoms with Crippen molar-refractivity contribution >= 4 is 23.9 Å². The standard InChI is InChI=1S/C24H22N6O2S/c1-17-3-5-19(6-4-17)23-28-29-24(30(23)20-7-9-21(32-2)10-8-20)33-16-22(31)27-26-15-18-11-13-25-14-12-18/h3-15H,16H2,1-2H3,(H,27,31)/b26-15-. The Morgan fingerprint density at radius 3 is 2.48 bits per heavy atom. The third kappa shape index (κ3) is 5.64. The summed E-state index contributed by atoms with van der Waals surface area (Å²) in [5.74, 6) is 1.34. The molecule has 2 aromatic carbocycles. The first-order chi connectivity index (χ1) is 16.1. The fraction of sp³-hybridized carbons (Fsp3) is 0.125. The fourth-order valence-corrected chi connectivity index (χ4v) is 3.75. The quantitative estimate of drug-likeness (QED) is 0.245. The van der Waals surface area contributed by atoms with Gasteiger partial charge in [0, 0.05) is 23.6 Å². The molecule has 0 fully saturated rings. The van der Waals surface area contributed by atoms with Crippen LogP contribution < -0.4 is 10.2 Å². The third-order valence-electron chi connectivity index (χ3n) is 4.72. The zero-order valence-corrected chi connectivity index (χ0v) is 19.0. The Morgan fingerprint density at radius 2 is 1.79 bits per heavy atom. The van der Waals surface area contributed by atoms with Gasteiger partial charge in [-0.15, -0.1) is 10.2 Å². The van der Waals surface area contributed by atoms with E-state index < -0.39 is 0 Å². The van der Waals surface area contributed by atoms with Crippen molar-refractivity contribution in [3.05, 3.63) is 84.2 Å². The van der Waals surface area contributed by atoms with Crippen LogP contribution in [0.4, 0.5) is 0 Å². The minimum absolute atomic E-state index is 0.135. The van der Waals surface area contributed by atoms with Crippen LogP contribution in [-0.2, 0) is 4.79 Å². The van der Waals surface area contributed by atoms with Crippen LogP contribution in [0.3, 0.4) is 0 Å². The summed E-state index contributed by atoms with van der Waals surface area (Å²) in [6.45, 7) is 2.04. The fourth-order valence-electron chi connectivity index (χ4n) is 3.01. The Kier molecular flexibility index (Phi) is 7.11. The Balaban J connectivity index is 1.53. The van der Waals surface area contributed by atoms with Crippen LogP contribution >= 0.6 is 11.8 Å². The molecule has 4 rings (SSSR count). The number of pyridine rings is 1. The summed E-state index contributed by atoms with van der Waals surface area (Å²) in [5.41, 5.74) is 6.35. The number of hydrogen-bond donors (Lipinski definition) is 1. The van der Waals surface area contributed by atoms with Crippen LogP contribution in [0.25, 0.3) is 17.1 Å². The molecule has 0 saturated heterocycles. The van der Waals surface area contributed by atoms with Gasteiger partial charge in [0.25, 0.3) is 5.91 Å². The number of benzene rings is 2. The maximum Gasteiger partial charge on any atom is 0.250 e. The van der Waals surface area contributed by atoms with E-state index in [1.54, 1.807) is 37.9 Å². The van der Waals surface area contributed by atoms with Crippen LogP contribution in [0, 0.1) is 6.92 Å². The molecule has 0 aliphatic rings. The molecule has 166 valence electrons. The molecule has 4 aromatic rings. The number of methoxy groups -OCH3 is 1. The Hall–Kier alpha value is -3.98. The van der Waals surface area contributed by atoms with E-state index in [2.05, 4.69) is 25.7 Å². The average Bonchev–Trinajstić information content (AvgIpc) is 3.28. The number of ether oxygens (including phenoxy) is 1. The van der Waals surface area contributed by atoms with Crippen molar-refractivity contribution in [2.24, 2.45) is 5.10 Å².